The summed E-state index contributed by atoms with van der Waals surface area (Å²) in [6.45, 7) is 8.30. The smallest absolute Gasteiger partial charge is 0.227 e. The molecule has 25 rings (SSSR count). The Hall–Kier alpha value is -13.9. The highest BCUT2D eigenvalue weighted by atomic mass is 16.3. The monoisotopic (exact) mass is 1800 g/mol. The second-order valence-electron chi connectivity index (χ2n) is 38.1. The van der Waals surface area contributed by atoms with E-state index in [0.29, 0.717) is 16.8 Å². The molecule has 0 saturated heterocycles. The van der Waals surface area contributed by atoms with Gasteiger partial charge in [0.05, 0.1) is 33.4 Å². The zero-order chi connectivity index (χ0) is 101. The van der Waals surface area contributed by atoms with E-state index in [1.165, 1.54) is 24.0 Å². The van der Waals surface area contributed by atoms with Crippen molar-refractivity contribution < 1.29 is 57.3 Å². The molecule has 11 heteroatoms. The fraction of sp³-hybridized carbons (Fsp3) is 0.280. The molecule has 4 saturated carbocycles. The van der Waals surface area contributed by atoms with Crippen LogP contribution in [0, 0.1) is 53.3 Å². The summed E-state index contributed by atoms with van der Waals surface area (Å²) in [5.74, 6) is -0.899. The van der Waals surface area contributed by atoms with Crippen molar-refractivity contribution in [1.29, 1.82) is 0 Å². The van der Waals surface area contributed by atoms with Gasteiger partial charge in [-0.25, -0.2) is 27.8 Å². The summed E-state index contributed by atoms with van der Waals surface area (Å²) in [5.41, 5.74) is 30.0. The van der Waals surface area contributed by atoms with Crippen LogP contribution in [0.1, 0.15) is 195 Å². The Kier molecular flexibility index (Phi) is 22.2. The van der Waals surface area contributed by atoms with Crippen molar-refractivity contribution >= 4 is 110 Å². The average Bonchev–Trinajstić information content (AvgIpc) is 1.66. The molecule has 11 heterocycles. The normalized spacial score (nSPS) is 16.3. The maximum Gasteiger partial charge on any atom is 0.227 e. The van der Waals surface area contributed by atoms with Crippen LogP contribution in [-0.4, -0.2) is 4.98 Å². The summed E-state index contributed by atoms with van der Waals surface area (Å²) >= 11 is 0. The highest BCUT2D eigenvalue weighted by Crippen LogP contribution is 2.49. The minimum absolute atomic E-state index is 0.0579. The molecule has 11 nitrogen and oxygen atoms in total. The van der Waals surface area contributed by atoms with Gasteiger partial charge < -0.3 is 22.1 Å². The maximum absolute atomic E-state index is 9.29. The van der Waals surface area contributed by atoms with Gasteiger partial charge in [0.25, 0.3) is 0 Å². The number of nitrogens with zero attached hydrogens (tertiary/aromatic N) is 6. The fourth-order valence-corrected chi connectivity index (χ4v) is 22.2. The van der Waals surface area contributed by atoms with Gasteiger partial charge in [-0.05, 0) is 209 Å². The standard InChI is InChI=1S/C26H28NO.C25H21N2O.2C25H26NO.C24H24NO/c1-18-14-15-22-21-12-6-7-13-23(21)28-26(22)24(18)25-20(11-8-16-27(25)2)17-19-9-4-3-5-10-19;1-16-8-4-5-9-18(16)19-11-7-15-27(3)23(19)22-17(2)12-13-20-21-10-6-14-26-25(21)28-24(20)22;1-17-13-14-21-20-11-5-6-12-22(20)27-25(21)23(17)24-19(10-7-15-26(24)2)16-18-8-3-4-9-18;1-17-14-15-21-20-11-6-7-13-22(20)27-25(21)23(17)24-19(12-8-16-26(24)2)18-9-4-3-5-10-18;1-16-13-14-20-19-10-5-6-12-21(19)26-24(20)22(16)23-18(11-7-15-25(23)2)17-8-3-4-9-17/h6-8,11-16,19H,3-5,9-10,17H2,1-2H3;4-15H,1-3H3;5-7,10-15,18H,3-4,8-9,16H2,1-2H3;6-8,11-16,18H,3-5,9-10H2,1-2H3;5-7,10-15,17H,3-4,8-9H2,1-2H3/q5*+1/i17D2;1D3;16D2;18D;17D. The minimum atomic E-state index is -2.22. The van der Waals surface area contributed by atoms with Crippen LogP contribution >= 0.6 is 0 Å². The van der Waals surface area contributed by atoms with Gasteiger partial charge in [-0.3, -0.25) is 0 Å². The summed E-state index contributed by atoms with van der Waals surface area (Å²) in [7, 11) is 10.2. The number of pyridine rings is 6. The number of benzene rings is 10. The number of hydrogen-bond donors (Lipinski definition) is 0. The van der Waals surface area contributed by atoms with Gasteiger partial charge in [0.15, 0.2) is 36.6 Å². The first-order valence-corrected chi connectivity index (χ1v) is 49.0. The van der Waals surface area contributed by atoms with E-state index in [9.17, 15) is 1.37 Å². The van der Waals surface area contributed by atoms with Gasteiger partial charge in [0.1, 0.15) is 79.9 Å². The zero-order valence-corrected chi connectivity index (χ0v) is 79.8. The molecule has 0 radical (unpaired) electrons. The number of para-hydroxylation sites is 4. The van der Waals surface area contributed by atoms with Gasteiger partial charge in [0, 0.05) is 125 Å². The number of hydrogen-bond acceptors (Lipinski definition) is 6. The van der Waals surface area contributed by atoms with Gasteiger partial charge in [-0.15, -0.1) is 0 Å². The quantitative estimate of drug-likeness (QED) is 0.113. The molecule has 4 fully saturated rings. The van der Waals surface area contributed by atoms with Gasteiger partial charge in [-0.2, -0.15) is 0 Å². The number of rotatable bonds is 12. The third kappa shape index (κ3) is 16.9. The van der Waals surface area contributed by atoms with Crippen LogP contribution in [0.15, 0.2) is 314 Å². The van der Waals surface area contributed by atoms with E-state index >= 15 is 0 Å². The second-order valence-corrected chi connectivity index (χ2v) is 38.1. The lowest BCUT2D eigenvalue weighted by Crippen LogP contribution is -2.32. The van der Waals surface area contributed by atoms with E-state index in [2.05, 4.69) is 199 Å². The number of fused-ring (bicyclic) bond motifs is 15. The van der Waals surface area contributed by atoms with Crippen molar-refractivity contribution in [2.45, 2.75) is 182 Å². The molecule has 4 aliphatic rings. The van der Waals surface area contributed by atoms with Crippen LogP contribution in [0.4, 0.5) is 0 Å². The third-order valence-electron chi connectivity index (χ3n) is 29.1. The average molecular weight is 1800 g/mol. The molecule has 0 amide bonds. The highest BCUT2D eigenvalue weighted by molar-refractivity contribution is 6.14. The van der Waals surface area contributed by atoms with E-state index in [0.717, 1.165) is 308 Å². The highest BCUT2D eigenvalue weighted by Gasteiger charge is 2.35. The van der Waals surface area contributed by atoms with E-state index in [-0.39, 0.29) is 11.8 Å². The SMILES string of the molecule is [2H]C([2H])([2H])c1ccccc1-c1ccc[n+](C)c1-c1c(C)ccc2c1oc1ncccc12.[2H]C([2H])(c1ccc[n+](C)c1-c1c(C)ccc2c1oc1ccccc12)C1CCCC1.[2H]C([2H])(c1ccc[n+](C)c1-c1c(C)ccc2c1oc1ccccc12)C1CCCCC1.[2H]C1(c2ccc[n+](C)c2-c2c(C)ccc3c2oc2ccccc23)CCCC1.[2H]C1(c2ccc[n+](C)c2-c2c(C)ccc3c2oc2ccccc23)CCCCC1. The molecule has 0 unspecified atom stereocenters. The molecule has 0 aliphatic heterocycles. The molecule has 4 aliphatic carbocycles. The molecule has 10 aromatic carbocycles. The molecule has 0 N–H and O–H groups in total. The summed E-state index contributed by atoms with van der Waals surface area (Å²) in [5, 5.41) is 10.9. The topological polar surface area (TPSA) is 98.0 Å². The van der Waals surface area contributed by atoms with Crippen molar-refractivity contribution in [3.63, 3.8) is 0 Å². The maximum atomic E-state index is 9.29. The fourth-order valence-electron chi connectivity index (χ4n) is 22.2. The van der Waals surface area contributed by atoms with Crippen LogP contribution in [0.5, 0.6) is 0 Å². The van der Waals surface area contributed by atoms with Crippen LogP contribution in [-0.2, 0) is 48.0 Å². The van der Waals surface area contributed by atoms with Crippen molar-refractivity contribution in [3.8, 4) is 67.4 Å². The van der Waals surface area contributed by atoms with E-state index in [1.807, 2.05) is 173 Å². The Morgan fingerprint density at radius 3 is 0.993 bits per heavy atom. The first kappa shape index (κ1) is 78.4. The minimum Gasteiger partial charge on any atom is -0.455 e. The zero-order valence-electron chi connectivity index (χ0n) is 88.8. The lowest BCUT2D eigenvalue weighted by molar-refractivity contribution is -0.660. The summed E-state index contributed by atoms with van der Waals surface area (Å²) < 4.78 is 121. The number of aromatic nitrogens is 6. The summed E-state index contributed by atoms with van der Waals surface area (Å²) in [6, 6.07) is 85.4. The molecule has 0 spiro atoms. The Balaban J connectivity index is 0.000000107. The van der Waals surface area contributed by atoms with Crippen LogP contribution in [0.25, 0.3) is 177 Å². The Morgan fingerprint density at radius 2 is 0.581 bits per heavy atom. The molecule has 680 valence electrons. The Labute approximate surface area is 811 Å². The third-order valence-corrected chi connectivity index (χ3v) is 29.1. The molecule has 21 aromatic rings. The van der Waals surface area contributed by atoms with Crippen LogP contribution < -0.4 is 22.8 Å². The molecular weight excluding hydrogens is 1670 g/mol. The number of furan rings is 5. The van der Waals surface area contributed by atoms with Crippen molar-refractivity contribution in [2.24, 2.45) is 47.1 Å². The van der Waals surface area contributed by atoms with Crippen LogP contribution in [0.3, 0.4) is 0 Å². The Bertz CT molecular complexity index is 8550. The summed E-state index contributed by atoms with van der Waals surface area (Å²) in [6.07, 6.45) is 28.2. The molecular formula is C125H125N6O5+5. The van der Waals surface area contributed by atoms with Gasteiger partial charge in [0.2, 0.25) is 34.2 Å². The van der Waals surface area contributed by atoms with Crippen molar-refractivity contribution in [3.05, 3.63) is 348 Å². The van der Waals surface area contributed by atoms with Gasteiger partial charge >= 0.3 is 0 Å². The Morgan fingerprint density at radius 1 is 0.279 bits per heavy atom. The lowest BCUT2D eigenvalue weighted by Gasteiger charge is -2.23. The predicted octanol–water partition coefficient (Wildman–Crippen LogP) is 30.9. The molecule has 0 bridgehead atoms. The molecule has 136 heavy (non-hydrogen) atoms. The van der Waals surface area contributed by atoms with Crippen molar-refractivity contribution in [1.82, 2.24) is 4.98 Å². The van der Waals surface area contributed by atoms with Crippen LogP contribution in [0.2, 0.25) is 0 Å². The van der Waals surface area contributed by atoms with Gasteiger partial charge in [-0.1, -0.05) is 248 Å². The summed E-state index contributed by atoms with van der Waals surface area (Å²) in [4.78, 5) is 4.38. The largest absolute Gasteiger partial charge is 0.455 e. The molecule has 0 atom stereocenters. The van der Waals surface area contributed by atoms with Crippen molar-refractivity contribution in [2.75, 3.05) is 0 Å². The lowest BCUT2D eigenvalue weighted by atomic mass is 9.81. The molecule has 11 aromatic heterocycles. The first-order chi connectivity index (χ1) is 70.0. The second kappa shape index (κ2) is 38.5. The predicted molar refractivity (Wildman–Crippen MR) is 556 cm³/mol. The van der Waals surface area contributed by atoms with E-state index in [1.54, 1.807) is 18.3 Å². The van der Waals surface area contributed by atoms with E-state index in [4.69, 9.17) is 33.1 Å². The first-order valence-electron chi connectivity index (χ1n) is 53.5. The van der Waals surface area contributed by atoms with E-state index < -0.39 is 31.4 Å². The number of aryl methyl sites for hydroxylation is 11.